The number of rotatable bonds is 4. The third-order valence-corrected chi connectivity index (χ3v) is 3.61. The number of nitrogens with zero attached hydrogens (tertiary/aromatic N) is 2. The van der Waals surface area contributed by atoms with Gasteiger partial charge < -0.3 is 10.6 Å². The molecule has 0 radical (unpaired) electrons. The Morgan fingerprint density at radius 3 is 2.61 bits per heavy atom. The molecule has 1 aromatic carbocycles. The van der Waals surface area contributed by atoms with Gasteiger partial charge in [0.2, 0.25) is 0 Å². The SMILES string of the molecule is NCCC1CCN(c2ccccc2[N+](=O)[O-])CC1. The lowest BCUT2D eigenvalue weighted by Crippen LogP contribution is -2.34. The van der Waals surface area contributed by atoms with E-state index in [1.165, 1.54) is 0 Å². The van der Waals surface area contributed by atoms with E-state index in [1.54, 1.807) is 12.1 Å². The molecule has 2 N–H and O–H groups in total. The Balaban J connectivity index is 2.07. The number of nitro groups is 1. The van der Waals surface area contributed by atoms with Crippen molar-refractivity contribution < 1.29 is 4.92 Å². The van der Waals surface area contributed by atoms with Gasteiger partial charge in [-0.05, 0) is 37.8 Å². The Bertz CT molecular complexity index is 414. The van der Waals surface area contributed by atoms with Crippen LogP contribution in [0.25, 0.3) is 0 Å². The predicted molar refractivity (Wildman–Crippen MR) is 71.7 cm³/mol. The lowest BCUT2D eigenvalue weighted by molar-refractivity contribution is -0.384. The van der Waals surface area contributed by atoms with Crippen molar-refractivity contribution in [3.63, 3.8) is 0 Å². The molecule has 18 heavy (non-hydrogen) atoms. The maximum absolute atomic E-state index is 11.0. The lowest BCUT2D eigenvalue weighted by atomic mass is 9.93. The second-order valence-corrected chi connectivity index (χ2v) is 4.75. The number of hydrogen-bond donors (Lipinski definition) is 1. The first-order valence-corrected chi connectivity index (χ1v) is 6.41. The number of nitro benzene ring substituents is 1. The molecule has 5 heteroatoms. The summed E-state index contributed by atoms with van der Waals surface area (Å²) in [6.45, 7) is 2.50. The fourth-order valence-corrected chi connectivity index (χ4v) is 2.58. The van der Waals surface area contributed by atoms with E-state index < -0.39 is 0 Å². The predicted octanol–water partition coefficient (Wildman–Crippen LogP) is 2.16. The van der Waals surface area contributed by atoms with E-state index in [4.69, 9.17) is 5.73 Å². The van der Waals surface area contributed by atoms with E-state index in [1.807, 2.05) is 12.1 Å². The quantitative estimate of drug-likeness (QED) is 0.655. The van der Waals surface area contributed by atoms with Gasteiger partial charge in [-0.1, -0.05) is 12.1 Å². The maximum Gasteiger partial charge on any atom is 0.292 e. The third-order valence-electron chi connectivity index (χ3n) is 3.61. The van der Waals surface area contributed by atoms with Crippen LogP contribution in [0, 0.1) is 16.0 Å². The van der Waals surface area contributed by atoms with Gasteiger partial charge in [0.25, 0.3) is 5.69 Å². The zero-order valence-corrected chi connectivity index (χ0v) is 10.4. The number of benzene rings is 1. The Kier molecular flexibility index (Phi) is 4.15. The molecule has 1 aromatic rings. The summed E-state index contributed by atoms with van der Waals surface area (Å²) >= 11 is 0. The van der Waals surface area contributed by atoms with Gasteiger partial charge in [-0.2, -0.15) is 0 Å². The minimum atomic E-state index is -0.304. The molecular weight excluding hydrogens is 230 g/mol. The van der Waals surface area contributed by atoms with Gasteiger partial charge in [0.15, 0.2) is 0 Å². The van der Waals surface area contributed by atoms with E-state index >= 15 is 0 Å². The van der Waals surface area contributed by atoms with Crippen LogP contribution >= 0.6 is 0 Å². The molecule has 1 aliphatic rings. The normalized spacial score (nSPS) is 16.8. The summed E-state index contributed by atoms with van der Waals surface area (Å²) < 4.78 is 0. The summed E-state index contributed by atoms with van der Waals surface area (Å²) in [6.07, 6.45) is 3.21. The van der Waals surface area contributed by atoms with Gasteiger partial charge in [-0.15, -0.1) is 0 Å². The van der Waals surface area contributed by atoms with Crippen molar-refractivity contribution >= 4 is 11.4 Å². The Morgan fingerprint density at radius 1 is 1.33 bits per heavy atom. The molecule has 1 aliphatic heterocycles. The Hall–Kier alpha value is -1.62. The number of piperidine rings is 1. The van der Waals surface area contributed by atoms with Crippen LogP contribution < -0.4 is 10.6 Å². The van der Waals surface area contributed by atoms with Crippen LogP contribution in [0.2, 0.25) is 0 Å². The van der Waals surface area contributed by atoms with Crippen LogP contribution in [-0.2, 0) is 0 Å². The first-order valence-electron chi connectivity index (χ1n) is 6.41. The summed E-state index contributed by atoms with van der Waals surface area (Å²) in [4.78, 5) is 12.8. The molecule has 0 atom stereocenters. The Labute approximate surface area is 107 Å². The highest BCUT2D eigenvalue weighted by Crippen LogP contribution is 2.31. The van der Waals surface area contributed by atoms with Crippen molar-refractivity contribution in [1.29, 1.82) is 0 Å². The molecule has 98 valence electrons. The van der Waals surface area contributed by atoms with Crippen LogP contribution in [0.4, 0.5) is 11.4 Å². The van der Waals surface area contributed by atoms with Crippen molar-refractivity contribution in [1.82, 2.24) is 0 Å². The van der Waals surface area contributed by atoms with E-state index in [0.29, 0.717) is 5.92 Å². The molecule has 5 nitrogen and oxygen atoms in total. The van der Waals surface area contributed by atoms with Crippen LogP contribution in [0.5, 0.6) is 0 Å². The topological polar surface area (TPSA) is 72.4 Å². The fourth-order valence-electron chi connectivity index (χ4n) is 2.58. The average Bonchev–Trinajstić information content (AvgIpc) is 2.40. The highest BCUT2D eigenvalue weighted by atomic mass is 16.6. The van der Waals surface area contributed by atoms with Gasteiger partial charge in [0.1, 0.15) is 5.69 Å². The van der Waals surface area contributed by atoms with E-state index in [0.717, 1.165) is 44.6 Å². The van der Waals surface area contributed by atoms with Crippen LogP contribution in [0.1, 0.15) is 19.3 Å². The van der Waals surface area contributed by atoms with Crippen molar-refractivity contribution in [2.24, 2.45) is 11.7 Å². The summed E-state index contributed by atoms with van der Waals surface area (Å²) in [5, 5.41) is 11.0. The smallest absolute Gasteiger partial charge is 0.292 e. The minimum absolute atomic E-state index is 0.203. The highest BCUT2D eigenvalue weighted by molar-refractivity contribution is 5.63. The van der Waals surface area contributed by atoms with Gasteiger partial charge in [0, 0.05) is 19.2 Å². The molecule has 2 rings (SSSR count). The number of hydrogen-bond acceptors (Lipinski definition) is 4. The monoisotopic (exact) mass is 249 g/mol. The maximum atomic E-state index is 11.0. The second kappa shape index (κ2) is 5.82. The number of nitrogens with two attached hydrogens (primary N) is 1. The van der Waals surface area contributed by atoms with E-state index in [2.05, 4.69) is 4.90 Å². The van der Waals surface area contributed by atoms with E-state index in [9.17, 15) is 10.1 Å². The minimum Gasteiger partial charge on any atom is -0.366 e. The zero-order chi connectivity index (χ0) is 13.0. The highest BCUT2D eigenvalue weighted by Gasteiger charge is 2.23. The van der Waals surface area contributed by atoms with Crippen molar-refractivity contribution in [3.05, 3.63) is 34.4 Å². The largest absolute Gasteiger partial charge is 0.366 e. The molecule has 0 spiro atoms. The molecule has 0 bridgehead atoms. The molecule has 0 amide bonds. The molecule has 0 aliphatic carbocycles. The molecule has 0 saturated carbocycles. The first-order chi connectivity index (χ1) is 8.72. The standard InChI is InChI=1S/C13H19N3O2/c14-8-5-11-6-9-15(10-7-11)12-3-1-2-4-13(12)16(17)18/h1-4,11H,5-10,14H2. The van der Waals surface area contributed by atoms with Crippen LogP contribution in [0.15, 0.2) is 24.3 Å². The molecular formula is C13H19N3O2. The molecule has 0 unspecified atom stereocenters. The Morgan fingerprint density at radius 2 is 2.00 bits per heavy atom. The van der Waals surface area contributed by atoms with Gasteiger partial charge in [-0.25, -0.2) is 0 Å². The zero-order valence-electron chi connectivity index (χ0n) is 10.4. The molecule has 1 heterocycles. The average molecular weight is 249 g/mol. The fraction of sp³-hybridized carbons (Fsp3) is 0.538. The summed E-state index contributed by atoms with van der Waals surface area (Å²) in [5.41, 5.74) is 6.51. The van der Waals surface area contributed by atoms with E-state index in [-0.39, 0.29) is 10.6 Å². The summed E-state index contributed by atoms with van der Waals surface area (Å²) in [6, 6.07) is 6.97. The first kappa shape index (κ1) is 12.8. The van der Waals surface area contributed by atoms with Gasteiger partial charge >= 0.3 is 0 Å². The molecule has 1 saturated heterocycles. The van der Waals surface area contributed by atoms with Crippen molar-refractivity contribution in [2.45, 2.75) is 19.3 Å². The summed E-state index contributed by atoms with van der Waals surface area (Å²) in [7, 11) is 0. The van der Waals surface area contributed by atoms with Crippen LogP contribution in [0.3, 0.4) is 0 Å². The number of para-hydroxylation sites is 2. The number of anilines is 1. The molecule has 0 aromatic heterocycles. The van der Waals surface area contributed by atoms with Gasteiger partial charge in [-0.3, -0.25) is 10.1 Å². The second-order valence-electron chi connectivity index (χ2n) is 4.75. The lowest BCUT2D eigenvalue weighted by Gasteiger charge is -2.33. The molecule has 1 fully saturated rings. The summed E-state index contributed by atoms with van der Waals surface area (Å²) in [5.74, 6) is 0.675. The van der Waals surface area contributed by atoms with Gasteiger partial charge in [0.05, 0.1) is 4.92 Å². The van der Waals surface area contributed by atoms with Crippen molar-refractivity contribution in [3.8, 4) is 0 Å². The third kappa shape index (κ3) is 2.79. The van der Waals surface area contributed by atoms with Crippen LogP contribution in [-0.4, -0.2) is 24.6 Å². The van der Waals surface area contributed by atoms with Crippen molar-refractivity contribution in [2.75, 3.05) is 24.5 Å².